The van der Waals surface area contributed by atoms with E-state index in [-0.39, 0.29) is 11.4 Å². The first kappa shape index (κ1) is 22.0. The number of carbonyl (C=O) groups is 1. The molecule has 0 fully saturated rings. The van der Waals surface area contributed by atoms with Crippen molar-refractivity contribution < 1.29 is 18.7 Å². The van der Waals surface area contributed by atoms with Crippen LogP contribution in [0, 0.1) is 0 Å². The van der Waals surface area contributed by atoms with Crippen LogP contribution in [0.5, 0.6) is 5.75 Å². The van der Waals surface area contributed by atoms with Crippen molar-refractivity contribution in [2.24, 2.45) is 0 Å². The molecule has 0 aliphatic rings. The molecule has 4 rings (SSSR count). The first-order chi connectivity index (χ1) is 15.6. The Morgan fingerprint density at radius 3 is 2.22 bits per heavy atom. The predicted molar refractivity (Wildman–Crippen MR) is 129 cm³/mol. The maximum atomic E-state index is 11.4. The number of ether oxygens (including phenoxy) is 2. The van der Waals surface area contributed by atoms with Gasteiger partial charge in [0.2, 0.25) is 0 Å². The molecule has 32 heavy (non-hydrogen) atoms. The van der Waals surface area contributed by atoms with Gasteiger partial charge in [0.05, 0.1) is 18.1 Å². The first-order valence-corrected chi connectivity index (χ1v) is 11.5. The molecule has 0 unspecified atom stereocenters. The third-order valence-electron chi connectivity index (χ3n) is 5.63. The molecule has 0 amide bonds. The molecule has 4 aromatic rings. The number of furan rings is 1. The van der Waals surface area contributed by atoms with Crippen molar-refractivity contribution in [3.63, 3.8) is 0 Å². The van der Waals surface area contributed by atoms with Gasteiger partial charge in [-0.1, -0.05) is 72.8 Å². The zero-order valence-corrected chi connectivity index (χ0v) is 19.1. The summed E-state index contributed by atoms with van der Waals surface area (Å²) >= 11 is 1.92. The third kappa shape index (κ3) is 4.68. The summed E-state index contributed by atoms with van der Waals surface area (Å²) in [6.07, 6.45) is 2.64. The molecular formula is C27H26O4S. The van der Waals surface area contributed by atoms with E-state index in [4.69, 9.17) is 9.15 Å². The number of carbonyl (C=O) groups excluding carboxylic acids is 1. The van der Waals surface area contributed by atoms with Crippen molar-refractivity contribution in [2.45, 2.75) is 18.1 Å². The summed E-state index contributed by atoms with van der Waals surface area (Å²) in [6, 6.07) is 27.0. The lowest BCUT2D eigenvalue weighted by Crippen LogP contribution is -2.20. The molecule has 1 aromatic heterocycles. The highest BCUT2D eigenvalue weighted by Crippen LogP contribution is 2.43. The van der Waals surface area contributed by atoms with Gasteiger partial charge in [0.1, 0.15) is 0 Å². The van der Waals surface area contributed by atoms with Crippen LogP contribution < -0.4 is 4.74 Å². The van der Waals surface area contributed by atoms with Gasteiger partial charge in [-0.15, -0.1) is 11.8 Å². The predicted octanol–water partition coefficient (Wildman–Crippen LogP) is 6.22. The Balaban J connectivity index is 1.52. The number of hydrogen-bond acceptors (Lipinski definition) is 5. The molecule has 0 radical (unpaired) electrons. The summed E-state index contributed by atoms with van der Waals surface area (Å²) in [5.41, 5.74) is 4.35. The van der Waals surface area contributed by atoms with Crippen LogP contribution in [0.1, 0.15) is 23.6 Å². The first-order valence-electron chi connectivity index (χ1n) is 10.6. The Morgan fingerprint density at radius 2 is 1.59 bits per heavy atom. The number of fused-ring (bicyclic) bond motifs is 1. The molecule has 164 valence electrons. The summed E-state index contributed by atoms with van der Waals surface area (Å²) < 4.78 is 15.9. The minimum absolute atomic E-state index is 0.145. The quantitative estimate of drug-likeness (QED) is 0.286. The molecule has 0 aliphatic heterocycles. The van der Waals surface area contributed by atoms with Crippen molar-refractivity contribution in [1.82, 2.24) is 0 Å². The van der Waals surface area contributed by atoms with Crippen molar-refractivity contribution in [3.05, 3.63) is 102 Å². The standard InChI is InChI=1S/C27H26O4S/c1-27(21-10-5-3-6-11-21,22-12-7-4-8-13-22)32-17-16-20-18-31-26-23(20)14-9-15-24(26)30-19-25(28)29-2/h3-15,18H,16-17,19H2,1-2H3. The molecule has 0 N–H and O–H groups in total. The number of esters is 1. The topological polar surface area (TPSA) is 48.7 Å². The molecule has 1 heterocycles. The summed E-state index contributed by atoms with van der Waals surface area (Å²) in [5, 5.41) is 1.01. The van der Waals surface area contributed by atoms with Crippen LogP contribution in [0.15, 0.2) is 89.5 Å². The number of para-hydroxylation sites is 1. The van der Waals surface area contributed by atoms with E-state index in [0.29, 0.717) is 11.3 Å². The van der Waals surface area contributed by atoms with E-state index in [1.54, 1.807) is 12.3 Å². The van der Waals surface area contributed by atoms with Crippen LogP contribution in [0.25, 0.3) is 11.0 Å². The minimum Gasteiger partial charge on any atom is -0.478 e. The highest BCUT2D eigenvalue weighted by atomic mass is 32.2. The molecule has 0 saturated carbocycles. The molecule has 0 spiro atoms. The highest BCUT2D eigenvalue weighted by Gasteiger charge is 2.29. The fraction of sp³-hybridized carbons (Fsp3) is 0.222. The van der Waals surface area contributed by atoms with Crippen molar-refractivity contribution in [3.8, 4) is 5.75 Å². The molecule has 0 saturated heterocycles. The maximum Gasteiger partial charge on any atom is 0.343 e. The number of thioether (sulfide) groups is 1. The molecule has 5 heteroatoms. The summed E-state index contributed by atoms with van der Waals surface area (Å²) in [4.78, 5) is 11.4. The van der Waals surface area contributed by atoms with Gasteiger partial charge < -0.3 is 13.9 Å². The number of rotatable bonds is 9. The molecule has 0 bridgehead atoms. The van der Waals surface area contributed by atoms with Gasteiger partial charge in [-0.3, -0.25) is 0 Å². The lowest BCUT2D eigenvalue weighted by Gasteiger charge is -2.30. The van der Waals surface area contributed by atoms with E-state index in [9.17, 15) is 4.79 Å². The fourth-order valence-corrected chi connectivity index (χ4v) is 5.13. The van der Waals surface area contributed by atoms with Crippen molar-refractivity contribution in [1.29, 1.82) is 0 Å². The van der Waals surface area contributed by atoms with Crippen molar-refractivity contribution in [2.75, 3.05) is 19.5 Å². The largest absolute Gasteiger partial charge is 0.478 e. The van der Waals surface area contributed by atoms with Crippen LogP contribution >= 0.6 is 11.8 Å². The Hall–Kier alpha value is -3.18. The number of benzene rings is 3. The van der Waals surface area contributed by atoms with Crippen molar-refractivity contribution >= 4 is 28.7 Å². The smallest absolute Gasteiger partial charge is 0.343 e. The van der Waals surface area contributed by atoms with Gasteiger partial charge in [-0.05, 0) is 41.9 Å². The number of hydrogen-bond donors (Lipinski definition) is 0. The van der Waals surface area contributed by atoms with Gasteiger partial charge in [0.25, 0.3) is 0 Å². The average molecular weight is 447 g/mol. The van der Waals surface area contributed by atoms with Gasteiger partial charge in [0, 0.05) is 5.39 Å². The van der Waals surface area contributed by atoms with E-state index in [0.717, 1.165) is 23.1 Å². The number of methoxy groups -OCH3 is 1. The summed E-state index contributed by atoms with van der Waals surface area (Å²) in [7, 11) is 1.34. The van der Waals surface area contributed by atoms with Crippen LogP contribution in [0.3, 0.4) is 0 Å². The van der Waals surface area contributed by atoms with Crippen LogP contribution in [-0.4, -0.2) is 25.4 Å². The maximum absolute atomic E-state index is 11.4. The second-order valence-corrected chi connectivity index (χ2v) is 9.14. The lowest BCUT2D eigenvalue weighted by molar-refractivity contribution is -0.142. The van der Waals surface area contributed by atoms with Crippen LogP contribution in [0.4, 0.5) is 0 Å². The van der Waals surface area contributed by atoms with E-state index >= 15 is 0 Å². The summed E-state index contributed by atoms with van der Waals surface area (Å²) in [5.74, 6) is 1.04. The Bertz CT molecular complexity index is 1130. The average Bonchev–Trinajstić information content (AvgIpc) is 3.27. The van der Waals surface area contributed by atoms with E-state index in [2.05, 4.69) is 72.3 Å². The zero-order valence-electron chi connectivity index (χ0n) is 18.2. The van der Waals surface area contributed by atoms with Crippen LogP contribution in [-0.2, 0) is 20.7 Å². The minimum atomic E-state index is -0.425. The van der Waals surface area contributed by atoms with Gasteiger partial charge in [0.15, 0.2) is 17.9 Å². The highest BCUT2D eigenvalue weighted by molar-refractivity contribution is 8.00. The van der Waals surface area contributed by atoms with Crippen LogP contribution in [0.2, 0.25) is 0 Å². The lowest BCUT2D eigenvalue weighted by atomic mass is 9.92. The second-order valence-electron chi connectivity index (χ2n) is 7.62. The van der Waals surface area contributed by atoms with E-state index in [1.807, 2.05) is 23.9 Å². The van der Waals surface area contributed by atoms with E-state index in [1.165, 1.54) is 18.2 Å². The SMILES string of the molecule is COC(=O)COc1cccc2c(CCSC(C)(c3ccccc3)c3ccccc3)coc12. The molecular weight excluding hydrogens is 420 g/mol. The molecule has 0 aliphatic carbocycles. The molecule has 4 nitrogen and oxygen atoms in total. The number of aryl methyl sites for hydroxylation is 1. The summed E-state index contributed by atoms with van der Waals surface area (Å²) in [6.45, 7) is 2.14. The molecule has 3 aromatic carbocycles. The Morgan fingerprint density at radius 1 is 0.938 bits per heavy atom. The third-order valence-corrected chi connectivity index (χ3v) is 7.09. The zero-order chi connectivity index (χ0) is 22.4. The Labute approximate surface area is 192 Å². The second kappa shape index (κ2) is 9.96. The van der Waals surface area contributed by atoms with Gasteiger partial charge in [-0.2, -0.15) is 0 Å². The van der Waals surface area contributed by atoms with E-state index < -0.39 is 5.97 Å². The molecule has 0 atom stereocenters. The normalized spacial score (nSPS) is 11.4. The van der Waals surface area contributed by atoms with Gasteiger partial charge >= 0.3 is 5.97 Å². The van der Waals surface area contributed by atoms with Gasteiger partial charge in [-0.25, -0.2) is 4.79 Å². The Kier molecular flexibility index (Phi) is 6.86. The fourth-order valence-electron chi connectivity index (χ4n) is 3.80. The monoisotopic (exact) mass is 446 g/mol.